The molecule has 0 amide bonds. The molecule has 7 heteroatoms. The average molecular weight is 331 g/mol. The third kappa shape index (κ3) is 1.78. The average Bonchev–Trinajstić information content (AvgIpc) is 3.09. The summed E-state index contributed by atoms with van der Waals surface area (Å²) in [5.41, 5.74) is -2.31. The lowest BCUT2D eigenvalue weighted by molar-refractivity contribution is -0.246. The number of aromatic nitrogens is 3. The van der Waals surface area contributed by atoms with Crippen LogP contribution in [0.2, 0.25) is 0 Å². The number of hydrogen-bond donors (Lipinski definition) is 2. The standard InChI is InChI=1S/C17H12F3N3O/c1-9-21-15(23-22-9)11-6-4-8-13-14(11)10-5-2-3-7-12(10)16(13,24)17(18,19)20/h2-8,24H,1H3,(H,21,22,23). The zero-order valence-electron chi connectivity index (χ0n) is 12.5. The molecule has 1 unspecified atom stereocenters. The van der Waals surface area contributed by atoms with Crippen molar-refractivity contribution in [2.45, 2.75) is 18.7 Å². The van der Waals surface area contributed by atoms with E-state index in [-0.39, 0.29) is 11.1 Å². The molecule has 0 saturated carbocycles. The van der Waals surface area contributed by atoms with Gasteiger partial charge in [-0.25, -0.2) is 4.98 Å². The quantitative estimate of drug-likeness (QED) is 0.717. The lowest BCUT2D eigenvalue weighted by Crippen LogP contribution is -2.41. The summed E-state index contributed by atoms with van der Waals surface area (Å²) in [4.78, 5) is 4.21. The first kappa shape index (κ1) is 14.9. The van der Waals surface area contributed by atoms with Crippen LogP contribution in [-0.2, 0) is 5.60 Å². The molecule has 3 aromatic rings. The van der Waals surface area contributed by atoms with Crippen molar-refractivity contribution in [3.8, 4) is 22.5 Å². The van der Waals surface area contributed by atoms with E-state index in [9.17, 15) is 18.3 Å². The molecule has 4 rings (SSSR count). The first-order valence-corrected chi connectivity index (χ1v) is 7.26. The van der Waals surface area contributed by atoms with E-state index < -0.39 is 11.8 Å². The fourth-order valence-electron chi connectivity index (χ4n) is 3.26. The largest absolute Gasteiger partial charge is 0.425 e. The summed E-state index contributed by atoms with van der Waals surface area (Å²) in [6, 6.07) is 10.4. The highest BCUT2D eigenvalue weighted by atomic mass is 19.4. The number of aromatic amines is 1. The van der Waals surface area contributed by atoms with E-state index >= 15 is 0 Å². The number of nitrogens with zero attached hydrogens (tertiary/aromatic N) is 2. The Morgan fingerprint density at radius 1 is 1.00 bits per heavy atom. The van der Waals surface area contributed by atoms with E-state index in [0.717, 1.165) is 0 Å². The van der Waals surface area contributed by atoms with Crippen molar-refractivity contribution in [1.29, 1.82) is 0 Å². The summed E-state index contributed by atoms with van der Waals surface area (Å²) in [5, 5.41) is 17.4. The second kappa shape index (κ2) is 4.67. The molecular formula is C17H12F3N3O. The molecule has 4 nitrogen and oxygen atoms in total. The number of aryl methyl sites for hydroxylation is 1. The molecule has 122 valence electrons. The minimum absolute atomic E-state index is 0.174. The fourth-order valence-corrected chi connectivity index (χ4v) is 3.26. The highest BCUT2D eigenvalue weighted by Crippen LogP contribution is 2.56. The molecule has 24 heavy (non-hydrogen) atoms. The van der Waals surface area contributed by atoms with Crippen LogP contribution in [0, 0.1) is 6.92 Å². The molecule has 2 aromatic carbocycles. The zero-order valence-corrected chi connectivity index (χ0v) is 12.5. The van der Waals surface area contributed by atoms with Gasteiger partial charge in [0, 0.05) is 16.7 Å². The van der Waals surface area contributed by atoms with Gasteiger partial charge < -0.3 is 5.11 Å². The fraction of sp³-hybridized carbons (Fsp3) is 0.176. The van der Waals surface area contributed by atoms with Crippen LogP contribution in [-0.4, -0.2) is 26.5 Å². The molecule has 0 bridgehead atoms. The van der Waals surface area contributed by atoms with Gasteiger partial charge in [0.25, 0.3) is 0 Å². The van der Waals surface area contributed by atoms with Crippen LogP contribution in [0.3, 0.4) is 0 Å². The number of halogens is 3. The highest BCUT2D eigenvalue weighted by Gasteiger charge is 2.61. The van der Waals surface area contributed by atoms with Crippen LogP contribution in [0.1, 0.15) is 17.0 Å². The summed E-state index contributed by atoms with van der Waals surface area (Å²) < 4.78 is 41.3. The summed E-state index contributed by atoms with van der Waals surface area (Å²) in [5.74, 6) is 0.852. The van der Waals surface area contributed by atoms with Gasteiger partial charge in [-0.1, -0.05) is 42.5 Å². The van der Waals surface area contributed by atoms with Crippen molar-refractivity contribution in [2.75, 3.05) is 0 Å². The van der Waals surface area contributed by atoms with Crippen molar-refractivity contribution in [2.24, 2.45) is 0 Å². The SMILES string of the molecule is Cc1nc(-c2cccc3c2-c2ccccc2C3(O)C(F)(F)F)n[nH]1. The summed E-state index contributed by atoms with van der Waals surface area (Å²) in [6.07, 6.45) is -4.85. The van der Waals surface area contributed by atoms with Crippen LogP contribution in [0.5, 0.6) is 0 Å². The molecule has 2 N–H and O–H groups in total. The first-order valence-electron chi connectivity index (χ1n) is 7.26. The van der Waals surface area contributed by atoms with E-state index in [1.54, 1.807) is 25.1 Å². The third-order valence-electron chi connectivity index (χ3n) is 4.29. The summed E-state index contributed by atoms with van der Waals surface area (Å²) in [7, 11) is 0. The molecule has 0 radical (unpaired) electrons. The Kier molecular flexibility index (Phi) is 2.90. The van der Waals surface area contributed by atoms with E-state index in [4.69, 9.17) is 0 Å². The maximum absolute atomic E-state index is 13.8. The number of H-pyrrole nitrogens is 1. The van der Waals surface area contributed by atoms with Gasteiger partial charge in [-0.2, -0.15) is 18.3 Å². The molecule has 0 spiro atoms. The van der Waals surface area contributed by atoms with E-state index in [0.29, 0.717) is 28.3 Å². The van der Waals surface area contributed by atoms with Crippen molar-refractivity contribution in [1.82, 2.24) is 15.2 Å². The molecule has 0 aliphatic heterocycles. The summed E-state index contributed by atoms with van der Waals surface area (Å²) in [6.45, 7) is 1.71. The van der Waals surface area contributed by atoms with Gasteiger partial charge in [-0.05, 0) is 18.1 Å². The molecule has 1 heterocycles. The number of rotatable bonds is 1. The molecule has 1 atom stereocenters. The van der Waals surface area contributed by atoms with Crippen molar-refractivity contribution in [3.63, 3.8) is 0 Å². The van der Waals surface area contributed by atoms with Crippen LogP contribution < -0.4 is 0 Å². The Labute approximate surface area is 135 Å². The minimum Gasteiger partial charge on any atom is -0.372 e. The maximum atomic E-state index is 13.8. The Morgan fingerprint density at radius 2 is 1.67 bits per heavy atom. The molecule has 0 fully saturated rings. The van der Waals surface area contributed by atoms with Crippen molar-refractivity contribution >= 4 is 0 Å². The number of nitrogens with one attached hydrogen (secondary N) is 1. The normalized spacial score (nSPS) is 19.2. The number of fused-ring (bicyclic) bond motifs is 3. The monoisotopic (exact) mass is 331 g/mol. The van der Waals surface area contributed by atoms with Crippen molar-refractivity contribution in [3.05, 3.63) is 59.4 Å². The van der Waals surface area contributed by atoms with E-state index in [1.807, 2.05) is 0 Å². The van der Waals surface area contributed by atoms with Crippen LogP contribution in [0.25, 0.3) is 22.5 Å². The van der Waals surface area contributed by atoms with Gasteiger partial charge in [0.1, 0.15) is 5.82 Å². The van der Waals surface area contributed by atoms with Crippen LogP contribution in [0.4, 0.5) is 13.2 Å². The predicted octanol–water partition coefficient (Wildman–Crippen LogP) is 3.56. The molecule has 0 saturated heterocycles. The zero-order chi connectivity index (χ0) is 17.1. The number of benzene rings is 2. The van der Waals surface area contributed by atoms with Gasteiger partial charge in [-0.15, -0.1) is 0 Å². The van der Waals surface area contributed by atoms with Gasteiger partial charge in [0.2, 0.25) is 5.60 Å². The predicted molar refractivity (Wildman–Crippen MR) is 81.0 cm³/mol. The van der Waals surface area contributed by atoms with Gasteiger partial charge in [0.05, 0.1) is 0 Å². The second-order valence-corrected chi connectivity index (χ2v) is 5.73. The van der Waals surface area contributed by atoms with Gasteiger partial charge in [-0.3, -0.25) is 5.10 Å². The molecular weight excluding hydrogens is 319 g/mol. The first-order chi connectivity index (χ1) is 11.3. The van der Waals surface area contributed by atoms with Crippen molar-refractivity contribution < 1.29 is 18.3 Å². The molecule has 1 aliphatic rings. The van der Waals surface area contributed by atoms with E-state index in [2.05, 4.69) is 15.2 Å². The second-order valence-electron chi connectivity index (χ2n) is 5.73. The van der Waals surface area contributed by atoms with E-state index in [1.165, 1.54) is 24.3 Å². The topological polar surface area (TPSA) is 61.8 Å². The summed E-state index contributed by atoms with van der Waals surface area (Å²) >= 11 is 0. The lowest BCUT2D eigenvalue weighted by Gasteiger charge is -2.28. The molecule has 1 aliphatic carbocycles. The Hall–Kier alpha value is -2.67. The smallest absolute Gasteiger partial charge is 0.372 e. The number of hydrogen-bond acceptors (Lipinski definition) is 3. The maximum Gasteiger partial charge on any atom is 0.425 e. The van der Waals surface area contributed by atoms with Gasteiger partial charge in [0.15, 0.2) is 5.82 Å². The number of aliphatic hydroxyl groups is 1. The Bertz CT molecular complexity index is 948. The molecule has 1 aromatic heterocycles. The lowest BCUT2D eigenvalue weighted by atomic mass is 9.90. The van der Waals surface area contributed by atoms with Crippen LogP contribution >= 0.6 is 0 Å². The van der Waals surface area contributed by atoms with Gasteiger partial charge >= 0.3 is 6.18 Å². The Morgan fingerprint density at radius 3 is 2.33 bits per heavy atom. The minimum atomic E-state index is -4.85. The third-order valence-corrected chi connectivity index (χ3v) is 4.29. The Balaban J connectivity index is 2.10. The highest BCUT2D eigenvalue weighted by molar-refractivity contribution is 5.90. The number of alkyl halides is 3. The van der Waals surface area contributed by atoms with Crippen LogP contribution in [0.15, 0.2) is 42.5 Å².